The summed E-state index contributed by atoms with van der Waals surface area (Å²) in [5.74, 6) is 2.54. The normalized spacial score (nSPS) is 31.0. The Morgan fingerprint density at radius 2 is 1.27 bits per heavy atom. The van der Waals surface area contributed by atoms with Gasteiger partial charge in [-0.2, -0.15) is 0 Å². The van der Waals surface area contributed by atoms with E-state index in [-0.39, 0.29) is 28.8 Å². The molecule has 4 atom stereocenters. The van der Waals surface area contributed by atoms with Crippen LogP contribution in [0.25, 0.3) is 0 Å². The van der Waals surface area contributed by atoms with E-state index in [4.69, 9.17) is 42.1 Å². The third-order valence-electron chi connectivity index (χ3n) is 13.4. The molecule has 4 fully saturated rings. The van der Waals surface area contributed by atoms with E-state index in [1.807, 2.05) is 30.5 Å². The molecule has 7 heterocycles. The molecule has 0 saturated carbocycles. The smallest absolute Gasteiger partial charge is 0.127 e. The van der Waals surface area contributed by atoms with Gasteiger partial charge in [0.1, 0.15) is 22.7 Å². The van der Waals surface area contributed by atoms with Gasteiger partial charge in [-0.25, -0.2) is 0 Å². The lowest BCUT2D eigenvalue weighted by Crippen LogP contribution is -2.54. The number of piperidine rings is 2. The number of nitrogens with one attached hydrogen (secondary N) is 1. The molecule has 7 aliphatic rings. The van der Waals surface area contributed by atoms with E-state index in [9.17, 15) is 0 Å². The average molecular weight is 737 g/mol. The maximum absolute atomic E-state index is 6.59. The Kier molecular flexibility index (Phi) is 9.58. The minimum absolute atomic E-state index is 0.109. The van der Waals surface area contributed by atoms with Gasteiger partial charge in [-0.05, 0) is 140 Å². The van der Waals surface area contributed by atoms with Crippen molar-refractivity contribution in [3.8, 4) is 11.5 Å². The van der Waals surface area contributed by atoms with Gasteiger partial charge in [0.15, 0.2) is 0 Å². The lowest BCUT2D eigenvalue weighted by atomic mass is 9.64. The molecule has 9 heteroatoms. The van der Waals surface area contributed by atoms with Gasteiger partial charge in [-0.3, -0.25) is 9.89 Å². The number of allylic oxidation sites excluding steroid dienone is 1. The lowest BCUT2D eigenvalue weighted by Gasteiger charge is -2.54. The number of ether oxygens (including phenoxy) is 4. The summed E-state index contributed by atoms with van der Waals surface area (Å²) in [6.07, 6.45) is 10.5. The summed E-state index contributed by atoms with van der Waals surface area (Å²) in [6.45, 7) is 18.2. The summed E-state index contributed by atoms with van der Waals surface area (Å²) < 4.78 is 25.8. The topological polar surface area (TPSA) is 64.6 Å². The summed E-state index contributed by atoms with van der Waals surface area (Å²) >= 11 is 12.3. The van der Waals surface area contributed by atoms with Crippen molar-refractivity contribution in [3.05, 3.63) is 68.8 Å². The minimum atomic E-state index is -0.254. The number of aliphatic imine (C=N–C) groups is 1. The number of benzene rings is 2. The van der Waals surface area contributed by atoms with Crippen molar-refractivity contribution in [2.45, 2.75) is 103 Å². The van der Waals surface area contributed by atoms with Gasteiger partial charge in [-0.15, -0.1) is 0 Å². The molecule has 7 aliphatic heterocycles. The average Bonchev–Trinajstić information content (AvgIpc) is 3.50. The highest BCUT2D eigenvalue weighted by molar-refractivity contribution is 6.31. The van der Waals surface area contributed by atoms with Gasteiger partial charge in [-0.1, -0.05) is 35.3 Å². The quantitative estimate of drug-likeness (QED) is 0.332. The largest absolute Gasteiger partial charge is 0.487 e. The zero-order chi connectivity index (χ0) is 35.6. The predicted octanol–water partition coefficient (Wildman–Crippen LogP) is 9.38. The summed E-state index contributed by atoms with van der Waals surface area (Å²) in [6, 6.07) is 11.9. The SMILES string of the molecule is CC1(C)Oc2cc(Cl)ccc2C2OCC3(CCNCC3)CC21.CC1=C(CN2CCC3(CC2)COC2c4ccc(Cl)cc4OC(C)(C)C2C3)CC=N1. The summed E-state index contributed by atoms with van der Waals surface area (Å²) in [5.41, 5.74) is 5.16. The van der Waals surface area contributed by atoms with Gasteiger partial charge < -0.3 is 24.3 Å². The van der Waals surface area contributed by atoms with Crippen LogP contribution >= 0.6 is 23.2 Å². The maximum Gasteiger partial charge on any atom is 0.127 e. The van der Waals surface area contributed by atoms with E-state index in [0.29, 0.717) is 17.3 Å². The third-order valence-corrected chi connectivity index (χ3v) is 13.9. The van der Waals surface area contributed by atoms with Crippen LogP contribution in [-0.2, 0) is 9.47 Å². The van der Waals surface area contributed by atoms with Crippen molar-refractivity contribution < 1.29 is 18.9 Å². The fourth-order valence-corrected chi connectivity index (χ4v) is 10.4. The highest BCUT2D eigenvalue weighted by Crippen LogP contribution is 2.57. The fourth-order valence-electron chi connectivity index (χ4n) is 10.1. The van der Waals surface area contributed by atoms with E-state index < -0.39 is 0 Å². The molecule has 276 valence electrons. The van der Waals surface area contributed by atoms with Crippen LogP contribution in [0.15, 0.2) is 52.7 Å². The fraction of sp³-hybridized carbons (Fsp3) is 0.643. The second kappa shape index (κ2) is 13.6. The van der Waals surface area contributed by atoms with Crippen molar-refractivity contribution in [2.75, 3.05) is 45.9 Å². The Labute approximate surface area is 314 Å². The van der Waals surface area contributed by atoms with Crippen LogP contribution in [-0.4, -0.2) is 68.3 Å². The third kappa shape index (κ3) is 7.01. The van der Waals surface area contributed by atoms with Crippen molar-refractivity contribution >= 4 is 29.4 Å². The first-order chi connectivity index (χ1) is 24.3. The van der Waals surface area contributed by atoms with E-state index in [2.05, 4.69) is 62.0 Å². The molecule has 9 rings (SSSR count). The van der Waals surface area contributed by atoms with E-state index >= 15 is 0 Å². The van der Waals surface area contributed by atoms with Gasteiger partial charge in [0.2, 0.25) is 0 Å². The molecule has 0 radical (unpaired) electrons. The zero-order valence-corrected chi connectivity index (χ0v) is 32.5. The molecule has 4 saturated heterocycles. The number of halogens is 2. The van der Waals surface area contributed by atoms with Crippen LogP contribution < -0.4 is 14.8 Å². The van der Waals surface area contributed by atoms with E-state index in [0.717, 1.165) is 85.0 Å². The van der Waals surface area contributed by atoms with Crippen molar-refractivity contribution in [3.63, 3.8) is 0 Å². The molecule has 1 N–H and O–H groups in total. The predicted molar refractivity (Wildman–Crippen MR) is 204 cm³/mol. The highest BCUT2D eigenvalue weighted by Gasteiger charge is 2.54. The highest BCUT2D eigenvalue weighted by atomic mass is 35.5. The number of hydrogen-bond acceptors (Lipinski definition) is 7. The Hall–Kier alpha value is -2.13. The molecular weight excluding hydrogens is 681 g/mol. The first-order valence-corrected chi connectivity index (χ1v) is 19.9. The number of likely N-dealkylation sites (tertiary alicyclic amines) is 1. The molecule has 2 aromatic carbocycles. The van der Waals surface area contributed by atoms with Gasteiger partial charge >= 0.3 is 0 Å². The summed E-state index contributed by atoms with van der Waals surface area (Å²) in [7, 11) is 0. The maximum atomic E-state index is 6.59. The second-order valence-electron chi connectivity index (χ2n) is 17.6. The van der Waals surface area contributed by atoms with E-state index in [1.54, 1.807) is 0 Å². The number of fused-ring (bicyclic) bond motifs is 6. The van der Waals surface area contributed by atoms with Crippen molar-refractivity contribution in [1.82, 2.24) is 10.2 Å². The monoisotopic (exact) mass is 735 g/mol. The summed E-state index contributed by atoms with van der Waals surface area (Å²) in [5, 5.41) is 4.91. The van der Waals surface area contributed by atoms with Crippen LogP contribution in [0.3, 0.4) is 0 Å². The lowest BCUT2D eigenvalue weighted by molar-refractivity contribution is -0.174. The molecule has 2 spiro atoms. The first kappa shape index (κ1) is 35.9. The van der Waals surface area contributed by atoms with Crippen LogP contribution in [0.1, 0.15) is 103 Å². The number of hydrogen-bond donors (Lipinski definition) is 1. The van der Waals surface area contributed by atoms with Crippen LogP contribution in [0.4, 0.5) is 0 Å². The Balaban J connectivity index is 0.000000152. The number of rotatable bonds is 2. The van der Waals surface area contributed by atoms with Crippen LogP contribution in [0.5, 0.6) is 11.5 Å². The standard InChI is InChI=1S/C24H31ClN2O2.C18H24ClNO2/c1-16-17(6-9-26-16)14-27-10-7-24(8-11-27)13-20-22(28-15-24)19-5-4-18(25)12-21(19)29-23(20,2)3;1-17(2)14-10-18(5-7-20-8-6-18)11-21-16(14)13-4-3-12(19)9-15(13)22-17/h4-5,9,12,20,22H,6-8,10-11,13-15H2,1-3H3;3-4,9,14,16,20H,5-8,10-11H2,1-2H3. The molecule has 2 aromatic rings. The first-order valence-electron chi connectivity index (χ1n) is 19.2. The molecule has 0 aliphatic carbocycles. The molecule has 0 bridgehead atoms. The molecule has 51 heavy (non-hydrogen) atoms. The Morgan fingerprint density at radius 1 is 0.765 bits per heavy atom. The molecule has 7 nitrogen and oxygen atoms in total. The second-order valence-corrected chi connectivity index (χ2v) is 18.5. The van der Waals surface area contributed by atoms with Crippen molar-refractivity contribution in [2.24, 2.45) is 27.7 Å². The Morgan fingerprint density at radius 3 is 1.76 bits per heavy atom. The molecule has 0 amide bonds. The van der Waals surface area contributed by atoms with Crippen LogP contribution in [0, 0.1) is 22.7 Å². The summed E-state index contributed by atoms with van der Waals surface area (Å²) in [4.78, 5) is 7.04. The van der Waals surface area contributed by atoms with Gasteiger partial charge in [0.05, 0.1) is 25.4 Å². The number of nitrogens with zero attached hydrogens (tertiary/aromatic N) is 2. The molecule has 4 unspecified atom stereocenters. The van der Waals surface area contributed by atoms with Crippen molar-refractivity contribution in [1.29, 1.82) is 0 Å². The zero-order valence-electron chi connectivity index (χ0n) is 31.0. The van der Waals surface area contributed by atoms with Gasteiger partial charge in [0, 0.05) is 57.9 Å². The van der Waals surface area contributed by atoms with Crippen LogP contribution in [0.2, 0.25) is 10.0 Å². The minimum Gasteiger partial charge on any atom is -0.487 e. The van der Waals surface area contributed by atoms with Gasteiger partial charge in [0.25, 0.3) is 0 Å². The molecule has 0 aromatic heterocycles. The Bertz CT molecular complexity index is 1690. The molecular formula is C42H55Cl2N3O4. The van der Waals surface area contributed by atoms with E-state index in [1.165, 1.54) is 49.8 Å².